The summed E-state index contributed by atoms with van der Waals surface area (Å²) in [4.78, 5) is 12.0. The van der Waals surface area contributed by atoms with Gasteiger partial charge in [0.25, 0.3) is 0 Å². The average Bonchev–Trinajstić information content (AvgIpc) is 2.85. The SMILES string of the molecule is COc1ccc(OC)c(-n2c(CCCO)n[nH]c2=O)c1. The number of rotatable bonds is 6. The Hall–Kier alpha value is -2.28. The van der Waals surface area contributed by atoms with Crippen LogP contribution in [0, 0.1) is 0 Å². The summed E-state index contributed by atoms with van der Waals surface area (Å²) >= 11 is 0. The number of methoxy groups -OCH3 is 2. The van der Waals surface area contributed by atoms with Gasteiger partial charge in [-0.25, -0.2) is 14.5 Å². The number of H-pyrrole nitrogens is 1. The minimum atomic E-state index is -0.357. The molecule has 1 aromatic heterocycles. The molecule has 0 aliphatic carbocycles. The lowest BCUT2D eigenvalue weighted by Crippen LogP contribution is -2.18. The van der Waals surface area contributed by atoms with E-state index in [9.17, 15) is 4.79 Å². The summed E-state index contributed by atoms with van der Waals surface area (Å²) in [5.74, 6) is 1.69. The van der Waals surface area contributed by atoms with Crippen molar-refractivity contribution in [3.63, 3.8) is 0 Å². The second-order valence-electron chi connectivity index (χ2n) is 4.15. The van der Waals surface area contributed by atoms with Gasteiger partial charge in [0.05, 0.1) is 19.9 Å². The molecule has 2 aromatic rings. The Balaban J connectivity index is 2.54. The van der Waals surface area contributed by atoms with Gasteiger partial charge in [0.2, 0.25) is 0 Å². The van der Waals surface area contributed by atoms with Gasteiger partial charge in [-0.15, -0.1) is 0 Å². The van der Waals surface area contributed by atoms with Crippen LogP contribution < -0.4 is 15.2 Å². The van der Waals surface area contributed by atoms with E-state index in [0.29, 0.717) is 35.9 Å². The smallest absolute Gasteiger partial charge is 0.348 e. The fourth-order valence-corrected chi connectivity index (χ4v) is 1.95. The molecule has 0 saturated carbocycles. The summed E-state index contributed by atoms with van der Waals surface area (Å²) in [6.45, 7) is 0.0380. The molecule has 0 aliphatic heterocycles. The van der Waals surface area contributed by atoms with E-state index in [1.165, 1.54) is 11.7 Å². The lowest BCUT2D eigenvalue weighted by Gasteiger charge is -2.12. The Morgan fingerprint density at radius 2 is 2.15 bits per heavy atom. The zero-order valence-corrected chi connectivity index (χ0v) is 11.4. The number of aliphatic hydroxyl groups excluding tert-OH is 1. The van der Waals surface area contributed by atoms with E-state index < -0.39 is 0 Å². The number of aryl methyl sites for hydroxylation is 1. The standard InChI is InChI=1S/C13H17N3O4/c1-19-9-5-6-11(20-2)10(8-9)16-12(4-3-7-17)14-15-13(16)18/h5-6,8,17H,3-4,7H2,1-2H3,(H,15,18). The van der Waals surface area contributed by atoms with E-state index in [2.05, 4.69) is 10.2 Å². The molecule has 20 heavy (non-hydrogen) atoms. The number of aromatic nitrogens is 3. The maximum atomic E-state index is 12.0. The predicted molar refractivity (Wildman–Crippen MR) is 72.7 cm³/mol. The Morgan fingerprint density at radius 1 is 1.35 bits per heavy atom. The summed E-state index contributed by atoms with van der Waals surface area (Å²) in [5, 5.41) is 15.3. The first kappa shape index (κ1) is 14.1. The summed E-state index contributed by atoms with van der Waals surface area (Å²) in [6.07, 6.45) is 1.01. The topological polar surface area (TPSA) is 89.4 Å². The molecule has 0 aliphatic rings. The molecule has 108 valence electrons. The first-order valence-corrected chi connectivity index (χ1v) is 6.20. The highest BCUT2D eigenvalue weighted by atomic mass is 16.5. The van der Waals surface area contributed by atoms with Crippen LogP contribution in [0.5, 0.6) is 11.5 Å². The van der Waals surface area contributed by atoms with Crippen molar-refractivity contribution in [1.82, 2.24) is 14.8 Å². The van der Waals surface area contributed by atoms with E-state index in [4.69, 9.17) is 14.6 Å². The fourth-order valence-electron chi connectivity index (χ4n) is 1.95. The van der Waals surface area contributed by atoms with Crippen LogP contribution >= 0.6 is 0 Å². The van der Waals surface area contributed by atoms with Gasteiger partial charge in [0.15, 0.2) is 0 Å². The van der Waals surface area contributed by atoms with Gasteiger partial charge in [0, 0.05) is 19.1 Å². The van der Waals surface area contributed by atoms with E-state index >= 15 is 0 Å². The van der Waals surface area contributed by atoms with Crippen molar-refractivity contribution in [2.45, 2.75) is 12.8 Å². The van der Waals surface area contributed by atoms with E-state index in [0.717, 1.165) is 0 Å². The third kappa shape index (κ3) is 2.67. The van der Waals surface area contributed by atoms with Gasteiger partial charge in [-0.05, 0) is 18.6 Å². The molecule has 0 saturated heterocycles. The summed E-state index contributed by atoms with van der Waals surface area (Å²) < 4.78 is 11.9. The third-order valence-corrected chi connectivity index (χ3v) is 2.93. The largest absolute Gasteiger partial charge is 0.497 e. The van der Waals surface area contributed by atoms with Crippen molar-refractivity contribution < 1.29 is 14.6 Å². The van der Waals surface area contributed by atoms with Crippen LogP contribution in [0.25, 0.3) is 5.69 Å². The summed E-state index contributed by atoms with van der Waals surface area (Å²) in [5.41, 5.74) is 0.197. The molecule has 1 heterocycles. The van der Waals surface area contributed by atoms with E-state index in [-0.39, 0.29) is 12.3 Å². The van der Waals surface area contributed by atoms with Crippen molar-refractivity contribution in [3.05, 3.63) is 34.5 Å². The van der Waals surface area contributed by atoms with Crippen LogP contribution in [0.4, 0.5) is 0 Å². The molecule has 0 radical (unpaired) electrons. The summed E-state index contributed by atoms with van der Waals surface area (Å²) in [7, 11) is 3.08. The normalized spacial score (nSPS) is 10.6. The highest BCUT2D eigenvalue weighted by Gasteiger charge is 2.15. The van der Waals surface area contributed by atoms with E-state index in [1.54, 1.807) is 25.3 Å². The van der Waals surface area contributed by atoms with Crippen LogP contribution in [0.2, 0.25) is 0 Å². The van der Waals surface area contributed by atoms with Gasteiger partial charge in [-0.1, -0.05) is 0 Å². The Kier molecular flexibility index (Phi) is 4.41. The van der Waals surface area contributed by atoms with Crippen LogP contribution in [0.15, 0.2) is 23.0 Å². The van der Waals surface area contributed by atoms with Gasteiger partial charge in [0.1, 0.15) is 17.3 Å². The number of nitrogens with zero attached hydrogens (tertiary/aromatic N) is 2. The minimum absolute atomic E-state index is 0.0380. The number of nitrogens with one attached hydrogen (secondary N) is 1. The molecule has 0 atom stereocenters. The minimum Gasteiger partial charge on any atom is -0.497 e. The van der Waals surface area contributed by atoms with Gasteiger partial charge in [-0.3, -0.25) is 0 Å². The number of hydrogen-bond donors (Lipinski definition) is 2. The van der Waals surface area contributed by atoms with Crippen molar-refractivity contribution in [3.8, 4) is 17.2 Å². The lowest BCUT2D eigenvalue weighted by molar-refractivity contribution is 0.287. The molecule has 0 bridgehead atoms. The predicted octanol–water partition coefficient (Wildman–Crippen LogP) is 0.503. The molecule has 0 fully saturated rings. The lowest BCUT2D eigenvalue weighted by atomic mass is 10.2. The molecule has 0 unspecified atom stereocenters. The molecule has 2 rings (SSSR count). The molecular formula is C13H17N3O4. The maximum Gasteiger partial charge on any atom is 0.348 e. The Labute approximate surface area is 115 Å². The number of aromatic amines is 1. The van der Waals surface area contributed by atoms with Crippen molar-refractivity contribution in [2.24, 2.45) is 0 Å². The highest BCUT2D eigenvalue weighted by molar-refractivity contribution is 5.51. The number of aliphatic hydroxyl groups is 1. The van der Waals surface area contributed by atoms with Gasteiger partial charge in [-0.2, -0.15) is 5.10 Å². The van der Waals surface area contributed by atoms with Gasteiger partial charge >= 0.3 is 5.69 Å². The molecule has 1 aromatic carbocycles. The molecule has 0 spiro atoms. The van der Waals surface area contributed by atoms with Crippen LogP contribution in [-0.2, 0) is 6.42 Å². The van der Waals surface area contributed by atoms with Crippen molar-refractivity contribution >= 4 is 0 Å². The van der Waals surface area contributed by atoms with Crippen LogP contribution in [-0.4, -0.2) is 40.7 Å². The van der Waals surface area contributed by atoms with Crippen molar-refractivity contribution in [2.75, 3.05) is 20.8 Å². The second kappa shape index (κ2) is 6.25. The molecule has 7 heteroatoms. The zero-order valence-electron chi connectivity index (χ0n) is 11.4. The number of ether oxygens (including phenoxy) is 2. The van der Waals surface area contributed by atoms with Crippen molar-refractivity contribution in [1.29, 1.82) is 0 Å². The molecular weight excluding hydrogens is 262 g/mol. The average molecular weight is 279 g/mol. The number of hydrogen-bond acceptors (Lipinski definition) is 5. The van der Waals surface area contributed by atoms with E-state index in [1.807, 2.05) is 0 Å². The van der Waals surface area contributed by atoms with Crippen LogP contribution in [0.1, 0.15) is 12.2 Å². The monoisotopic (exact) mass is 279 g/mol. The zero-order chi connectivity index (χ0) is 14.5. The first-order chi connectivity index (χ1) is 9.71. The van der Waals surface area contributed by atoms with Crippen LogP contribution in [0.3, 0.4) is 0 Å². The Bertz CT molecular complexity index is 633. The number of benzene rings is 1. The highest BCUT2D eigenvalue weighted by Crippen LogP contribution is 2.27. The molecule has 0 amide bonds. The molecule has 7 nitrogen and oxygen atoms in total. The Morgan fingerprint density at radius 3 is 2.80 bits per heavy atom. The van der Waals surface area contributed by atoms with Gasteiger partial charge < -0.3 is 14.6 Å². The quantitative estimate of drug-likeness (QED) is 0.804. The summed E-state index contributed by atoms with van der Waals surface area (Å²) in [6, 6.07) is 5.18. The second-order valence-corrected chi connectivity index (χ2v) is 4.15. The maximum absolute atomic E-state index is 12.0. The fraction of sp³-hybridized carbons (Fsp3) is 0.385. The first-order valence-electron chi connectivity index (χ1n) is 6.20. The molecule has 2 N–H and O–H groups in total. The third-order valence-electron chi connectivity index (χ3n) is 2.93.